The molecule has 1 aliphatic rings. The molecule has 0 aliphatic carbocycles. The Balaban J connectivity index is 1.82. The van der Waals surface area contributed by atoms with Crippen LogP contribution >= 0.6 is 15.9 Å². The van der Waals surface area contributed by atoms with Crippen LogP contribution in [0.15, 0.2) is 58.5 Å². The van der Waals surface area contributed by atoms with Crippen LogP contribution in [0.4, 0.5) is 4.79 Å². The summed E-state index contributed by atoms with van der Waals surface area (Å²) in [4.78, 5) is 24.1. The highest BCUT2D eigenvalue weighted by Crippen LogP contribution is 2.39. The number of benzene rings is 2. The lowest BCUT2D eigenvalue weighted by Crippen LogP contribution is -2.41. The van der Waals surface area contributed by atoms with Crippen LogP contribution in [0.1, 0.15) is 49.2 Å². The van der Waals surface area contributed by atoms with Crippen molar-refractivity contribution in [3.63, 3.8) is 0 Å². The molecule has 1 heterocycles. The van der Waals surface area contributed by atoms with E-state index in [0.29, 0.717) is 15.5 Å². The lowest BCUT2D eigenvalue weighted by Gasteiger charge is -2.32. The quantitative estimate of drug-likeness (QED) is 0.499. The molecule has 33 heavy (non-hydrogen) atoms. The molecule has 7 nitrogen and oxygen atoms in total. The van der Waals surface area contributed by atoms with E-state index in [1.54, 1.807) is 18.2 Å². The van der Waals surface area contributed by atoms with Gasteiger partial charge in [-0.2, -0.15) is 0 Å². The van der Waals surface area contributed by atoms with E-state index in [2.05, 4.69) is 21.2 Å². The van der Waals surface area contributed by atoms with Crippen molar-refractivity contribution >= 4 is 41.2 Å². The zero-order valence-corrected chi connectivity index (χ0v) is 20.6. The van der Waals surface area contributed by atoms with Crippen molar-refractivity contribution in [2.45, 2.75) is 45.5 Å². The average molecular weight is 516 g/mol. The highest BCUT2D eigenvalue weighted by atomic mass is 79.9. The number of carboxylic acids is 1. The molecule has 174 valence electrons. The van der Waals surface area contributed by atoms with E-state index in [1.165, 1.54) is 6.07 Å². The van der Waals surface area contributed by atoms with Crippen LogP contribution in [0.5, 0.6) is 0 Å². The largest absolute Gasteiger partial charge is 0.492 e. The van der Waals surface area contributed by atoms with Gasteiger partial charge >= 0.3 is 19.2 Å². The molecule has 9 heteroatoms. The van der Waals surface area contributed by atoms with Crippen molar-refractivity contribution in [1.82, 2.24) is 5.32 Å². The molecule has 0 unspecified atom stereocenters. The molecule has 2 N–H and O–H groups in total. The van der Waals surface area contributed by atoms with E-state index in [-0.39, 0.29) is 18.7 Å². The number of ether oxygens (including phenoxy) is 1. The van der Waals surface area contributed by atoms with Gasteiger partial charge in [-0.3, -0.25) is 0 Å². The number of alkyl carbamates (subject to hydrolysis) is 1. The van der Waals surface area contributed by atoms with Gasteiger partial charge in [-0.25, -0.2) is 9.59 Å². The van der Waals surface area contributed by atoms with E-state index in [9.17, 15) is 14.7 Å². The molecule has 1 aliphatic heterocycles. The fourth-order valence-electron chi connectivity index (χ4n) is 3.18. The molecule has 0 bridgehead atoms. The van der Waals surface area contributed by atoms with Crippen molar-refractivity contribution in [3.8, 4) is 0 Å². The van der Waals surface area contributed by atoms with E-state index >= 15 is 0 Å². The Kier molecular flexibility index (Phi) is 7.67. The van der Waals surface area contributed by atoms with Gasteiger partial charge in [-0.15, -0.1) is 0 Å². The zero-order valence-electron chi connectivity index (χ0n) is 19.1. The number of carbonyl (C=O) groups excluding carboxylic acids is 1. The minimum atomic E-state index is -1.06. The first kappa shape index (κ1) is 25.0. The van der Waals surface area contributed by atoms with Crippen molar-refractivity contribution in [2.75, 3.05) is 6.54 Å². The Morgan fingerprint density at radius 2 is 1.73 bits per heavy atom. The topological polar surface area (TPSA) is 94.1 Å². The maximum atomic E-state index is 12.3. The first-order valence-corrected chi connectivity index (χ1v) is 11.3. The lowest BCUT2D eigenvalue weighted by molar-refractivity contribution is 0.00578. The van der Waals surface area contributed by atoms with Gasteiger partial charge in [-0.05, 0) is 56.4 Å². The van der Waals surface area contributed by atoms with Gasteiger partial charge < -0.3 is 24.5 Å². The van der Waals surface area contributed by atoms with Crippen molar-refractivity contribution in [1.29, 1.82) is 0 Å². The molecule has 1 amide bonds. The van der Waals surface area contributed by atoms with Gasteiger partial charge in [0, 0.05) is 11.0 Å². The predicted octanol–water partition coefficient (Wildman–Crippen LogP) is 5.09. The van der Waals surface area contributed by atoms with Crippen LogP contribution in [-0.4, -0.2) is 42.0 Å². The molecule has 1 saturated heterocycles. The summed E-state index contributed by atoms with van der Waals surface area (Å²) in [6.45, 7) is 7.89. The third-order valence-electron chi connectivity index (χ3n) is 5.79. The maximum absolute atomic E-state index is 12.3. The maximum Gasteiger partial charge on any atom is 0.492 e. The van der Waals surface area contributed by atoms with Crippen LogP contribution in [0, 0.1) is 0 Å². The monoisotopic (exact) mass is 515 g/mol. The number of hydrogen-bond donors (Lipinski definition) is 2. The van der Waals surface area contributed by atoms with E-state index in [1.807, 2.05) is 58.0 Å². The van der Waals surface area contributed by atoms with Crippen molar-refractivity contribution in [3.05, 3.63) is 75.2 Å². The van der Waals surface area contributed by atoms with Gasteiger partial charge in [0.1, 0.15) is 6.61 Å². The second-order valence-electron chi connectivity index (χ2n) is 8.76. The summed E-state index contributed by atoms with van der Waals surface area (Å²) in [5, 5.41) is 12.3. The van der Waals surface area contributed by atoms with E-state index < -0.39 is 30.4 Å². The summed E-state index contributed by atoms with van der Waals surface area (Å²) in [7, 11) is -0.769. The van der Waals surface area contributed by atoms with Gasteiger partial charge in [0.15, 0.2) is 0 Å². The molecule has 2 aromatic carbocycles. The van der Waals surface area contributed by atoms with Crippen LogP contribution in [0.25, 0.3) is 6.08 Å². The highest BCUT2D eigenvalue weighted by molar-refractivity contribution is 9.10. The smallest absolute Gasteiger partial charge is 0.478 e. The molecule has 0 spiro atoms. The number of carboxylic acid groups (broad SMARTS) is 1. The predicted molar refractivity (Wildman–Crippen MR) is 130 cm³/mol. The van der Waals surface area contributed by atoms with Crippen molar-refractivity contribution < 1.29 is 28.7 Å². The Labute approximate surface area is 202 Å². The normalized spacial score (nSPS) is 17.0. The Morgan fingerprint density at radius 3 is 2.33 bits per heavy atom. The summed E-state index contributed by atoms with van der Waals surface area (Å²) in [5.41, 5.74) is 0.824. The molecule has 2 aromatic rings. The number of rotatable bonds is 7. The summed E-state index contributed by atoms with van der Waals surface area (Å²) in [5.74, 6) is -1.06. The number of hydrogen-bond acceptors (Lipinski definition) is 5. The minimum Gasteiger partial charge on any atom is -0.478 e. The van der Waals surface area contributed by atoms with Crippen LogP contribution in [0.3, 0.4) is 0 Å². The van der Waals surface area contributed by atoms with E-state index in [0.717, 1.165) is 5.56 Å². The SMILES string of the molecule is CC1(C)OB(C(=Cc2ccc(Br)cc2C(=O)O)CNC(=O)OCc2ccccc2)OC1(C)C. The fourth-order valence-corrected chi connectivity index (χ4v) is 3.55. The summed E-state index contributed by atoms with van der Waals surface area (Å²) >= 11 is 3.31. The lowest BCUT2D eigenvalue weighted by atomic mass is 9.76. The first-order chi connectivity index (χ1) is 15.5. The van der Waals surface area contributed by atoms with E-state index in [4.69, 9.17) is 14.0 Å². The van der Waals surface area contributed by atoms with Crippen LogP contribution in [0.2, 0.25) is 0 Å². The molecule has 0 aromatic heterocycles. The Bertz CT molecular complexity index is 1040. The third kappa shape index (κ3) is 6.25. The number of amides is 1. The third-order valence-corrected chi connectivity index (χ3v) is 6.29. The molecule has 0 atom stereocenters. The molecule has 3 rings (SSSR count). The first-order valence-electron chi connectivity index (χ1n) is 10.5. The Morgan fingerprint density at radius 1 is 1.09 bits per heavy atom. The number of halogens is 1. The summed E-state index contributed by atoms with van der Waals surface area (Å²) < 4.78 is 18.2. The number of carbonyl (C=O) groups is 2. The summed E-state index contributed by atoms with van der Waals surface area (Å²) in [6.07, 6.45) is 1.07. The highest BCUT2D eigenvalue weighted by Gasteiger charge is 2.52. The molecule has 0 radical (unpaired) electrons. The molecule has 1 fully saturated rings. The van der Waals surface area contributed by atoms with Gasteiger partial charge in [-0.1, -0.05) is 58.4 Å². The van der Waals surface area contributed by atoms with Gasteiger partial charge in [0.05, 0.1) is 16.8 Å². The van der Waals surface area contributed by atoms with Crippen LogP contribution in [-0.2, 0) is 20.7 Å². The second kappa shape index (κ2) is 10.1. The fraction of sp³-hybridized carbons (Fsp3) is 0.333. The minimum absolute atomic E-state index is 0.0551. The second-order valence-corrected chi connectivity index (χ2v) is 9.68. The Hall–Kier alpha value is -2.62. The van der Waals surface area contributed by atoms with Gasteiger partial charge in [0.2, 0.25) is 0 Å². The van der Waals surface area contributed by atoms with Crippen LogP contribution < -0.4 is 5.32 Å². The molecule has 0 saturated carbocycles. The van der Waals surface area contributed by atoms with Gasteiger partial charge in [0.25, 0.3) is 0 Å². The number of nitrogens with one attached hydrogen (secondary N) is 1. The number of aromatic carboxylic acids is 1. The standard InChI is InChI=1S/C24H27BBrNO6/c1-23(2)24(3,4)33-25(32-23)18(12-17-10-11-19(26)13-20(17)21(28)29)14-27-22(30)31-15-16-8-6-5-7-9-16/h5-13H,14-15H2,1-4H3,(H,27,30)(H,28,29). The average Bonchev–Trinajstić information content (AvgIpc) is 2.97. The van der Waals surface area contributed by atoms with Crippen molar-refractivity contribution in [2.24, 2.45) is 0 Å². The summed E-state index contributed by atoms with van der Waals surface area (Å²) in [6, 6.07) is 14.3. The zero-order chi connectivity index (χ0) is 24.2. The molecular formula is C24H27BBrNO6. The molecular weight excluding hydrogens is 489 g/mol.